The van der Waals surface area contributed by atoms with E-state index in [1.807, 2.05) is 35.0 Å². The fraction of sp³-hybridized carbons (Fsp3) is 0.562. The van der Waals surface area contributed by atoms with Crippen LogP contribution in [0.4, 0.5) is 0 Å². The molecule has 1 heterocycles. The van der Waals surface area contributed by atoms with Crippen molar-refractivity contribution in [1.29, 1.82) is 0 Å². The molecular formula is C16H23N5. The third-order valence-electron chi connectivity index (χ3n) is 4.49. The minimum atomic E-state index is 0.571. The predicted molar refractivity (Wildman–Crippen MR) is 82.0 cm³/mol. The van der Waals surface area contributed by atoms with E-state index in [0.29, 0.717) is 12.6 Å². The molecule has 1 aromatic carbocycles. The van der Waals surface area contributed by atoms with Crippen LogP contribution in [-0.4, -0.2) is 26.2 Å². The van der Waals surface area contributed by atoms with Gasteiger partial charge in [-0.1, -0.05) is 32.0 Å². The minimum absolute atomic E-state index is 0.571. The normalized spacial score (nSPS) is 25.9. The van der Waals surface area contributed by atoms with Gasteiger partial charge in [-0.3, -0.25) is 0 Å². The van der Waals surface area contributed by atoms with E-state index < -0.39 is 0 Å². The van der Waals surface area contributed by atoms with Gasteiger partial charge in [-0.15, -0.1) is 5.10 Å². The van der Waals surface area contributed by atoms with Crippen molar-refractivity contribution >= 4 is 0 Å². The number of nitrogens with zero attached hydrogens (tertiary/aromatic N) is 4. The van der Waals surface area contributed by atoms with Crippen LogP contribution in [0.25, 0.3) is 5.69 Å². The molecule has 3 rings (SSSR count). The Bertz CT molecular complexity index is 565. The quantitative estimate of drug-likeness (QED) is 0.938. The maximum absolute atomic E-state index is 4.16. The second-order valence-corrected chi connectivity index (χ2v) is 6.23. The first-order chi connectivity index (χ1) is 10.2. The number of hydrogen-bond donors (Lipinski definition) is 1. The Morgan fingerprint density at radius 1 is 1.19 bits per heavy atom. The lowest BCUT2D eigenvalue weighted by atomic mass is 9.80. The summed E-state index contributed by atoms with van der Waals surface area (Å²) in [6, 6.07) is 10.6. The third-order valence-corrected chi connectivity index (χ3v) is 4.49. The zero-order valence-electron chi connectivity index (χ0n) is 12.7. The van der Waals surface area contributed by atoms with Gasteiger partial charge >= 0.3 is 0 Å². The number of aromatic nitrogens is 4. The van der Waals surface area contributed by atoms with Crippen LogP contribution in [0.2, 0.25) is 0 Å². The zero-order valence-corrected chi connectivity index (χ0v) is 12.7. The van der Waals surface area contributed by atoms with E-state index in [0.717, 1.165) is 23.3 Å². The summed E-state index contributed by atoms with van der Waals surface area (Å²) in [5, 5.41) is 15.7. The van der Waals surface area contributed by atoms with Crippen molar-refractivity contribution in [2.24, 2.45) is 11.8 Å². The Hall–Kier alpha value is -1.75. The highest BCUT2D eigenvalue weighted by atomic mass is 15.5. The minimum Gasteiger partial charge on any atom is -0.307 e. The summed E-state index contributed by atoms with van der Waals surface area (Å²) in [4.78, 5) is 0. The van der Waals surface area contributed by atoms with Crippen molar-refractivity contribution in [3.63, 3.8) is 0 Å². The van der Waals surface area contributed by atoms with Crippen LogP contribution >= 0.6 is 0 Å². The predicted octanol–water partition coefficient (Wildman–Crippen LogP) is 2.58. The summed E-state index contributed by atoms with van der Waals surface area (Å²) < 4.78 is 1.81. The van der Waals surface area contributed by atoms with Crippen LogP contribution in [0.1, 0.15) is 38.9 Å². The molecule has 1 N–H and O–H groups in total. The average molecular weight is 285 g/mol. The van der Waals surface area contributed by atoms with Crippen molar-refractivity contribution in [3.05, 3.63) is 36.2 Å². The molecule has 5 heteroatoms. The Balaban J connectivity index is 1.65. The largest absolute Gasteiger partial charge is 0.307 e. The van der Waals surface area contributed by atoms with Crippen LogP contribution in [0.15, 0.2) is 30.3 Å². The van der Waals surface area contributed by atoms with Crippen molar-refractivity contribution in [3.8, 4) is 5.69 Å². The molecule has 112 valence electrons. The van der Waals surface area contributed by atoms with Gasteiger partial charge in [-0.2, -0.15) is 4.68 Å². The Morgan fingerprint density at radius 2 is 2.00 bits per heavy atom. The number of hydrogen-bond acceptors (Lipinski definition) is 4. The van der Waals surface area contributed by atoms with E-state index in [1.165, 1.54) is 19.3 Å². The van der Waals surface area contributed by atoms with E-state index in [2.05, 4.69) is 34.7 Å². The monoisotopic (exact) mass is 285 g/mol. The molecule has 0 aliphatic heterocycles. The van der Waals surface area contributed by atoms with Crippen molar-refractivity contribution in [2.75, 3.05) is 0 Å². The SMILES string of the molecule is CC1CCC(NCc2nnnn2-c2ccccc2)C(C)C1. The maximum atomic E-state index is 4.16. The summed E-state index contributed by atoms with van der Waals surface area (Å²) in [5.41, 5.74) is 1.00. The van der Waals surface area contributed by atoms with Crippen LogP contribution in [-0.2, 0) is 6.54 Å². The van der Waals surface area contributed by atoms with Gasteiger partial charge in [0.25, 0.3) is 0 Å². The van der Waals surface area contributed by atoms with Gasteiger partial charge in [0.1, 0.15) is 0 Å². The summed E-state index contributed by atoms with van der Waals surface area (Å²) in [5.74, 6) is 2.44. The molecule has 1 aliphatic carbocycles. The molecular weight excluding hydrogens is 262 g/mol. The molecule has 1 saturated carbocycles. The second kappa shape index (κ2) is 6.35. The standard InChI is InChI=1S/C16H23N5/c1-12-8-9-15(13(2)10-12)17-11-16-18-19-20-21(16)14-6-4-3-5-7-14/h3-7,12-13,15,17H,8-11H2,1-2H3. The number of rotatable bonds is 4. The Morgan fingerprint density at radius 3 is 2.76 bits per heavy atom. The summed E-state index contributed by atoms with van der Waals surface area (Å²) >= 11 is 0. The van der Waals surface area contributed by atoms with Crippen molar-refractivity contribution in [1.82, 2.24) is 25.5 Å². The maximum Gasteiger partial charge on any atom is 0.170 e. The highest BCUT2D eigenvalue weighted by Gasteiger charge is 2.25. The first-order valence-electron chi connectivity index (χ1n) is 7.80. The Labute approximate surface area is 125 Å². The molecule has 0 saturated heterocycles. The molecule has 1 aliphatic rings. The van der Waals surface area contributed by atoms with Gasteiger partial charge in [-0.25, -0.2) is 0 Å². The van der Waals surface area contributed by atoms with Crippen molar-refractivity contribution < 1.29 is 0 Å². The third kappa shape index (κ3) is 3.29. The molecule has 0 spiro atoms. The highest BCUT2D eigenvalue weighted by molar-refractivity contribution is 5.30. The number of nitrogens with one attached hydrogen (secondary N) is 1. The molecule has 2 aromatic rings. The van der Waals surface area contributed by atoms with Gasteiger partial charge in [-0.05, 0) is 53.7 Å². The van der Waals surface area contributed by atoms with E-state index in [1.54, 1.807) is 0 Å². The van der Waals surface area contributed by atoms with Gasteiger partial charge in [0.15, 0.2) is 5.82 Å². The van der Waals surface area contributed by atoms with Crippen LogP contribution in [0, 0.1) is 11.8 Å². The van der Waals surface area contributed by atoms with E-state index in [9.17, 15) is 0 Å². The van der Waals surface area contributed by atoms with Gasteiger partial charge in [0, 0.05) is 6.04 Å². The molecule has 1 aromatic heterocycles. The summed E-state index contributed by atoms with van der Waals surface area (Å²) in [6.07, 6.45) is 3.86. The molecule has 3 unspecified atom stereocenters. The van der Waals surface area contributed by atoms with Crippen LogP contribution in [0.5, 0.6) is 0 Å². The average Bonchev–Trinajstić information content (AvgIpc) is 2.96. The van der Waals surface area contributed by atoms with Gasteiger partial charge in [0.05, 0.1) is 12.2 Å². The van der Waals surface area contributed by atoms with Crippen LogP contribution in [0.3, 0.4) is 0 Å². The fourth-order valence-electron chi connectivity index (χ4n) is 3.28. The highest BCUT2D eigenvalue weighted by Crippen LogP contribution is 2.28. The molecule has 3 atom stereocenters. The topological polar surface area (TPSA) is 55.6 Å². The number of benzene rings is 1. The van der Waals surface area contributed by atoms with E-state index in [-0.39, 0.29) is 0 Å². The summed E-state index contributed by atoms with van der Waals surface area (Å²) in [6.45, 7) is 5.40. The van der Waals surface area contributed by atoms with Crippen molar-refractivity contribution in [2.45, 2.75) is 45.7 Å². The van der Waals surface area contributed by atoms with Gasteiger partial charge < -0.3 is 5.32 Å². The first-order valence-corrected chi connectivity index (χ1v) is 7.80. The molecule has 0 bridgehead atoms. The molecule has 1 fully saturated rings. The lowest BCUT2D eigenvalue weighted by Crippen LogP contribution is -2.39. The number of para-hydroxylation sites is 1. The molecule has 5 nitrogen and oxygen atoms in total. The smallest absolute Gasteiger partial charge is 0.170 e. The molecule has 0 amide bonds. The first kappa shape index (κ1) is 14.2. The fourth-order valence-corrected chi connectivity index (χ4v) is 3.28. The second-order valence-electron chi connectivity index (χ2n) is 6.23. The lowest BCUT2D eigenvalue weighted by molar-refractivity contribution is 0.226. The van der Waals surface area contributed by atoms with E-state index >= 15 is 0 Å². The molecule has 21 heavy (non-hydrogen) atoms. The van der Waals surface area contributed by atoms with E-state index in [4.69, 9.17) is 0 Å². The number of tetrazole rings is 1. The molecule has 0 radical (unpaired) electrons. The van der Waals surface area contributed by atoms with Crippen LogP contribution < -0.4 is 5.32 Å². The zero-order chi connectivity index (χ0) is 14.7. The summed E-state index contributed by atoms with van der Waals surface area (Å²) in [7, 11) is 0. The lowest BCUT2D eigenvalue weighted by Gasteiger charge is -2.33. The Kier molecular flexibility index (Phi) is 4.29. The van der Waals surface area contributed by atoms with Gasteiger partial charge in [0.2, 0.25) is 0 Å².